The van der Waals surface area contributed by atoms with Gasteiger partial charge in [0.25, 0.3) is 0 Å². The molecule has 0 aliphatic heterocycles. The molecule has 5 nitrogen and oxygen atoms in total. The summed E-state index contributed by atoms with van der Waals surface area (Å²) < 4.78 is 19.3. The Morgan fingerprint density at radius 1 is 1.12 bits per heavy atom. The van der Waals surface area contributed by atoms with Gasteiger partial charge in [-0.15, -0.1) is 0 Å². The first-order valence-corrected chi connectivity index (χ1v) is 7.35. The minimum absolute atomic E-state index is 0.0308. The molecule has 1 aromatic carbocycles. The van der Waals surface area contributed by atoms with E-state index in [9.17, 15) is 4.39 Å². The fourth-order valence-electron chi connectivity index (χ4n) is 2.11. The summed E-state index contributed by atoms with van der Waals surface area (Å²) in [6, 6.07) is 11.2. The molecule has 0 fully saturated rings. The number of hydrogen-bond acceptors (Lipinski definition) is 5. The smallest absolute Gasteiger partial charge is 0.223 e. The van der Waals surface area contributed by atoms with Crippen molar-refractivity contribution in [1.29, 1.82) is 5.26 Å². The minimum atomic E-state index is -0.630. The van der Waals surface area contributed by atoms with Gasteiger partial charge >= 0.3 is 0 Å². The average Bonchev–Trinajstić information content (AvgIpc) is 2.62. The van der Waals surface area contributed by atoms with Crippen molar-refractivity contribution in [3.05, 3.63) is 65.9 Å². The normalized spacial score (nSPS) is 10.2. The fraction of sp³-hybridized carbons (Fsp3) is 0.111. The third kappa shape index (κ3) is 3.36. The quantitative estimate of drug-likeness (QED) is 0.729. The van der Waals surface area contributed by atoms with E-state index in [0.717, 1.165) is 11.3 Å². The number of halogens is 1. The van der Waals surface area contributed by atoms with Crippen LogP contribution >= 0.6 is 0 Å². The Hall–Kier alpha value is -3.33. The standard InChI is InChI=1S/C18H13FN4O/c1-2-14-9-17(23-18(22-14)12-5-7-21-8-6-12)24-15-4-3-13(11-20)16(19)10-15/h3-10H,2H2,1H3. The highest BCUT2D eigenvalue weighted by molar-refractivity contribution is 5.54. The fourth-order valence-corrected chi connectivity index (χ4v) is 2.11. The number of aryl methyl sites for hydroxylation is 1. The molecule has 3 rings (SSSR count). The van der Waals surface area contributed by atoms with Crippen LogP contribution < -0.4 is 4.74 Å². The lowest BCUT2D eigenvalue weighted by atomic mass is 10.2. The Labute approximate surface area is 138 Å². The molecule has 118 valence electrons. The van der Waals surface area contributed by atoms with E-state index >= 15 is 0 Å². The number of pyridine rings is 1. The summed E-state index contributed by atoms with van der Waals surface area (Å²) in [6.45, 7) is 1.98. The summed E-state index contributed by atoms with van der Waals surface area (Å²) in [5.74, 6) is 0.473. The zero-order valence-corrected chi connectivity index (χ0v) is 12.9. The van der Waals surface area contributed by atoms with Gasteiger partial charge in [0.05, 0.1) is 5.56 Å². The largest absolute Gasteiger partial charge is 0.439 e. The van der Waals surface area contributed by atoms with E-state index < -0.39 is 5.82 Å². The summed E-state index contributed by atoms with van der Waals surface area (Å²) >= 11 is 0. The molecule has 24 heavy (non-hydrogen) atoms. The molecule has 0 atom stereocenters. The van der Waals surface area contributed by atoms with Crippen molar-refractivity contribution in [2.75, 3.05) is 0 Å². The topological polar surface area (TPSA) is 71.7 Å². The van der Waals surface area contributed by atoms with E-state index in [-0.39, 0.29) is 11.3 Å². The molecule has 0 N–H and O–H groups in total. The molecule has 3 aromatic rings. The molecule has 2 aromatic heterocycles. The Kier molecular flexibility index (Phi) is 4.43. The zero-order valence-electron chi connectivity index (χ0n) is 12.9. The highest BCUT2D eigenvalue weighted by Gasteiger charge is 2.09. The zero-order chi connectivity index (χ0) is 16.9. The number of rotatable bonds is 4. The van der Waals surface area contributed by atoms with Crippen molar-refractivity contribution < 1.29 is 9.13 Å². The third-order valence-electron chi connectivity index (χ3n) is 3.34. The monoisotopic (exact) mass is 320 g/mol. The molecule has 0 saturated heterocycles. The maximum atomic E-state index is 13.7. The van der Waals surface area contributed by atoms with Gasteiger partial charge in [0.15, 0.2) is 5.82 Å². The van der Waals surface area contributed by atoms with Gasteiger partial charge in [0, 0.05) is 35.8 Å². The van der Waals surface area contributed by atoms with Gasteiger partial charge in [-0.2, -0.15) is 10.2 Å². The highest BCUT2D eigenvalue weighted by atomic mass is 19.1. The Morgan fingerprint density at radius 2 is 1.92 bits per heavy atom. The molecular weight excluding hydrogens is 307 g/mol. The predicted octanol–water partition coefficient (Wildman–Crippen LogP) is 3.90. The van der Waals surface area contributed by atoms with Crippen molar-refractivity contribution in [3.63, 3.8) is 0 Å². The number of nitriles is 1. The molecule has 0 bridgehead atoms. The van der Waals surface area contributed by atoms with Crippen LogP contribution in [0.15, 0.2) is 48.8 Å². The van der Waals surface area contributed by atoms with Gasteiger partial charge in [0.1, 0.15) is 17.6 Å². The molecule has 0 unspecified atom stereocenters. The van der Waals surface area contributed by atoms with E-state index in [0.29, 0.717) is 18.1 Å². The first kappa shape index (κ1) is 15.6. The average molecular weight is 320 g/mol. The van der Waals surface area contributed by atoms with Crippen LogP contribution in [0.1, 0.15) is 18.2 Å². The second-order valence-electron chi connectivity index (χ2n) is 4.97. The number of nitrogens with zero attached hydrogens (tertiary/aromatic N) is 4. The van der Waals surface area contributed by atoms with Crippen molar-refractivity contribution in [2.24, 2.45) is 0 Å². The van der Waals surface area contributed by atoms with Crippen molar-refractivity contribution in [1.82, 2.24) is 15.0 Å². The van der Waals surface area contributed by atoms with E-state index in [4.69, 9.17) is 10.00 Å². The summed E-state index contributed by atoms with van der Waals surface area (Å²) in [7, 11) is 0. The van der Waals surface area contributed by atoms with Gasteiger partial charge in [-0.25, -0.2) is 9.37 Å². The SMILES string of the molecule is CCc1cc(Oc2ccc(C#N)c(F)c2)nc(-c2ccncc2)n1. The number of aromatic nitrogens is 3. The highest BCUT2D eigenvalue weighted by Crippen LogP contribution is 2.25. The molecule has 0 amide bonds. The van der Waals surface area contributed by atoms with Gasteiger partial charge in [-0.3, -0.25) is 4.98 Å². The van der Waals surface area contributed by atoms with E-state index in [1.54, 1.807) is 36.7 Å². The van der Waals surface area contributed by atoms with Crippen molar-refractivity contribution >= 4 is 0 Å². The summed E-state index contributed by atoms with van der Waals surface area (Å²) in [5, 5.41) is 8.77. The van der Waals surface area contributed by atoms with Crippen LogP contribution in [0.4, 0.5) is 4.39 Å². The lowest BCUT2D eigenvalue weighted by Crippen LogP contribution is -1.98. The van der Waals surface area contributed by atoms with Crippen molar-refractivity contribution in [2.45, 2.75) is 13.3 Å². The summed E-state index contributed by atoms with van der Waals surface area (Å²) in [6.07, 6.45) is 4.03. The van der Waals surface area contributed by atoms with Gasteiger partial charge < -0.3 is 4.74 Å². The number of benzene rings is 1. The van der Waals surface area contributed by atoms with Crippen LogP contribution in [0.5, 0.6) is 11.6 Å². The third-order valence-corrected chi connectivity index (χ3v) is 3.34. The summed E-state index contributed by atoms with van der Waals surface area (Å²) in [4.78, 5) is 12.8. The van der Waals surface area contributed by atoms with Crippen LogP contribution in [0.25, 0.3) is 11.4 Å². The minimum Gasteiger partial charge on any atom is -0.439 e. The molecular formula is C18H13FN4O. The second kappa shape index (κ2) is 6.84. The first-order chi connectivity index (χ1) is 11.7. The number of hydrogen-bond donors (Lipinski definition) is 0. The molecule has 6 heteroatoms. The van der Waals surface area contributed by atoms with Gasteiger partial charge in [-0.05, 0) is 30.7 Å². The molecule has 0 aliphatic rings. The van der Waals surface area contributed by atoms with Crippen LogP contribution in [0, 0.1) is 17.1 Å². The van der Waals surface area contributed by atoms with E-state index in [1.807, 2.05) is 6.92 Å². The van der Waals surface area contributed by atoms with Gasteiger partial charge in [-0.1, -0.05) is 6.92 Å². The second-order valence-corrected chi connectivity index (χ2v) is 4.97. The maximum Gasteiger partial charge on any atom is 0.223 e. The molecule has 0 spiro atoms. The van der Waals surface area contributed by atoms with E-state index in [2.05, 4.69) is 15.0 Å². The van der Waals surface area contributed by atoms with Crippen LogP contribution in [-0.2, 0) is 6.42 Å². The van der Waals surface area contributed by atoms with Crippen LogP contribution in [0.3, 0.4) is 0 Å². The Morgan fingerprint density at radius 3 is 2.58 bits per heavy atom. The molecule has 2 heterocycles. The molecule has 0 saturated carbocycles. The number of ether oxygens (including phenoxy) is 1. The lowest BCUT2D eigenvalue weighted by Gasteiger charge is -2.09. The maximum absolute atomic E-state index is 13.7. The Balaban J connectivity index is 1.96. The molecule has 0 radical (unpaired) electrons. The van der Waals surface area contributed by atoms with E-state index in [1.165, 1.54) is 18.2 Å². The summed E-state index contributed by atoms with van der Waals surface area (Å²) in [5.41, 5.74) is 1.59. The predicted molar refractivity (Wildman–Crippen MR) is 85.8 cm³/mol. The molecule has 0 aliphatic carbocycles. The first-order valence-electron chi connectivity index (χ1n) is 7.35. The van der Waals surface area contributed by atoms with Crippen LogP contribution in [-0.4, -0.2) is 15.0 Å². The van der Waals surface area contributed by atoms with Crippen LogP contribution in [0.2, 0.25) is 0 Å². The lowest BCUT2D eigenvalue weighted by molar-refractivity contribution is 0.456. The van der Waals surface area contributed by atoms with Crippen molar-refractivity contribution in [3.8, 4) is 29.1 Å². The van der Waals surface area contributed by atoms with Gasteiger partial charge in [0.2, 0.25) is 5.88 Å². The Bertz CT molecular complexity index is 907.